The van der Waals surface area contributed by atoms with Gasteiger partial charge in [-0.1, -0.05) is 44.2 Å². The van der Waals surface area contributed by atoms with Gasteiger partial charge in [0.1, 0.15) is 24.4 Å². The van der Waals surface area contributed by atoms with Crippen LogP contribution in [0.2, 0.25) is 0 Å². The van der Waals surface area contributed by atoms with Crippen LogP contribution in [0, 0.1) is 0 Å². The van der Waals surface area contributed by atoms with Crippen LogP contribution in [0.25, 0.3) is 0 Å². The summed E-state index contributed by atoms with van der Waals surface area (Å²) in [7, 11) is 0. The normalized spacial score (nSPS) is 21.6. The third-order valence-corrected chi connectivity index (χ3v) is 6.75. The smallest absolute Gasteiger partial charge is 0.409 e. The number of ether oxygens (including phenoxy) is 2. The molecule has 2 unspecified atom stereocenters. The molecule has 188 valence electrons. The minimum Gasteiger partial charge on any atom is -0.409 e. The van der Waals surface area contributed by atoms with E-state index in [9.17, 15) is 14.4 Å². The first kappa shape index (κ1) is 24.9. The molecule has 0 spiro atoms. The fourth-order valence-electron chi connectivity index (χ4n) is 4.77. The maximum Gasteiger partial charge on any atom is 0.413 e. The molecule has 2 fully saturated rings. The van der Waals surface area contributed by atoms with Gasteiger partial charge in [0.25, 0.3) is 0 Å². The Bertz CT molecular complexity index is 1000. The summed E-state index contributed by atoms with van der Waals surface area (Å²) >= 11 is 0. The van der Waals surface area contributed by atoms with Crippen LogP contribution < -0.4 is 15.4 Å². The van der Waals surface area contributed by atoms with Crippen molar-refractivity contribution >= 4 is 17.8 Å². The standard InChI is InChI=1S/C26H34N4O5/c1-26(2,18-8-4-3-5-9-18)14-20(28-25(33)35-19-10-11-27-15-19)24(32)29-23-21(31)17-34-22(23)16-30-12-6-7-13-30/h3-5,8-11,15,20,22-23,27H,6-7,12-14,16-17H2,1-2H3,(H,28,33)(H,29,32)/t20-,22?,23?/m0/s1. The van der Waals surface area contributed by atoms with Gasteiger partial charge in [0.2, 0.25) is 5.91 Å². The van der Waals surface area contributed by atoms with Crippen molar-refractivity contribution < 1.29 is 23.9 Å². The van der Waals surface area contributed by atoms with Crippen LogP contribution >= 0.6 is 0 Å². The largest absolute Gasteiger partial charge is 0.413 e. The Hall–Kier alpha value is -3.17. The third-order valence-electron chi connectivity index (χ3n) is 6.75. The Balaban J connectivity index is 1.47. The van der Waals surface area contributed by atoms with Crippen molar-refractivity contribution in [2.75, 3.05) is 26.2 Å². The van der Waals surface area contributed by atoms with Crippen LogP contribution in [0.5, 0.6) is 5.75 Å². The Morgan fingerprint density at radius 3 is 2.63 bits per heavy atom. The van der Waals surface area contributed by atoms with Crippen molar-refractivity contribution in [3.63, 3.8) is 0 Å². The summed E-state index contributed by atoms with van der Waals surface area (Å²) in [6.45, 7) is 6.54. The van der Waals surface area contributed by atoms with E-state index in [0.29, 0.717) is 18.7 Å². The predicted molar refractivity (Wildman–Crippen MR) is 130 cm³/mol. The molecule has 9 nitrogen and oxygen atoms in total. The van der Waals surface area contributed by atoms with E-state index in [1.807, 2.05) is 44.2 Å². The molecule has 1 aromatic carbocycles. The number of aromatic nitrogens is 1. The molecule has 3 N–H and O–H groups in total. The number of H-pyrrole nitrogens is 1. The predicted octanol–water partition coefficient (Wildman–Crippen LogP) is 2.39. The van der Waals surface area contributed by atoms with Crippen molar-refractivity contribution in [1.29, 1.82) is 0 Å². The monoisotopic (exact) mass is 482 g/mol. The number of likely N-dealkylation sites (tertiary alicyclic amines) is 1. The Morgan fingerprint density at radius 2 is 1.94 bits per heavy atom. The molecule has 2 amide bonds. The lowest BCUT2D eigenvalue weighted by Gasteiger charge is -2.31. The van der Waals surface area contributed by atoms with Crippen LogP contribution in [0.15, 0.2) is 48.8 Å². The molecular formula is C26H34N4O5. The number of ketones is 1. The summed E-state index contributed by atoms with van der Waals surface area (Å²) in [6, 6.07) is 9.75. The molecule has 2 aliphatic rings. The average molecular weight is 483 g/mol. The van der Waals surface area contributed by atoms with Crippen molar-refractivity contribution in [2.24, 2.45) is 0 Å². The van der Waals surface area contributed by atoms with Gasteiger partial charge in [-0.2, -0.15) is 0 Å². The van der Waals surface area contributed by atoms with Crippen LogP contribution in [0.4, 0.5) is 4.79 Å². The zero-order valence-electron chi connectivity index (χ0n) is 20.3. The summed E-state index contributed by atoms with van der Waals surface area (Å²) in [5.74, 6) is -0.247. The molecular weight excluding hydrogens is 448 g/mol. The number of carbonyl (C=O) groups is 3. The van der Waals surface area contributed by atoms with Crippen molar-refractivity contribution in [3.05, 3.63) is 54.4 Å². The van der Waals surface area contributed by atoms with Crippen LogP contribution in [-0.4, -0.2) is 72.1 Å². The number of benzene rings is 1. The van der Waals surface area contributed by atoms with E-state index in [2.05, 4.69) is 20.5 Å². The van der Waals surface area contributed by atoms with Crippen molar-refractivity contribution in [3.8, 4) is 5.75 Å². The summed E-state index contributed by atoms with van der Waals surface area (Å²) in [4.78, 5) is 43.7. The summed E-state index contributed by atoms with van der Waals surface area (Å²) in [5.41, 5.74) is 0.598. The molecule has 3 atom stereocenters. The fraction of sp³-hybridized carbons (Fsp3) is 0.500. The van der Waals surface area contributed by atoms with Crippen LogP contribution in [0.1, 0.15) is 38.7 Å². The molecule has 4 rings (SSSR count). The number of Topliss-reactive ketones (excluding diaryl/α,β-unsaturated/α-hetero) is 1. The van der Waals surface area contributed by atoms with E-state index in [4.69, 9.17) is 9.47 Å². The first-order valence-electron chi connectivity index (χ1n) is 12.2. The SMILES string of the molecule is CC(C)(C[C@H](NC(=O)Oc1cc[nH]c1)C(=O)NC1C(=O)COC1CN1CCCC1)c1ccccc1. The summed E-state index contributed by atoms with van der Waals surface area (Å²) in [5, 5.41) is 5.58. The number of nitrogens with zero attached hydrogens (tertiary/aromatic N) is 1. The topological polar surface area (TPSA) is 113 Å². The van der Waals surface area contributed by atoms with Crippen LogP contribution in [0.3, 0.4) is 0 Å². The molecule has 0 bridgehead atoms. The van der Waals surface area contributed by atoms with Gasteiger partial charge in [-0.05, 0) is 49.4 Å². The second-order valence-corrected chi connectivity index (χ2v) is 9.90. The zero-order chi connectivity index (χ0) is 24.8. The molecule has 3 heterocycles. The molecule has 9 heteroatoms. The average Bonchev–Trinajstić information content (AvgIpc) is 3.60. The summed E-state index contributed by atoms with van der Waals surface area (Å²) < 4.78 is 11.0. The van der Waals surface area contributed by atoms with Gasteiger partial charge in [-0.25, -0.2) is 4.79 Å². The molecule has 0 aliphatic carbocycles. The highest BCUT2D eigenvalue weighted by Crippen LogP contribution is 2.28. The third kappa shape index (κ3) is 6.49. The number of aromatic amines is 1. The molecule has 0 radical (unpaired) electrons. The van der Waals surface area contributed by atoms with Gasteiger partial charge in [-0.3, -0.25) is 9.59 Å². The van der Waals surface area contributed by atoms with Gasteiger partial charge < -0.3 is 30.0 Å². The van der Waals surface area contributed by atoms with Gasteiger partial charge in [0, 0.05) is 18.9 Å². The van der Waals surface area contributed by atoms with E-state index >= 15 is 0 Å². The maximum absolute atomic E-state index is 13.5. The second-order valence-electron chi connectivity index (χ2n) is 9.90. The Morgan fingerprint density at radius 1 is 1.20 bits per heavy atom. The van der Waals surface area contributed by atoms with E-state index in [1.54, 1.807) is 18.5 Å². The second kappa shape index (κ2) is 11.0. The lowest BCUT2D eigenvalue weighted by atomic mass is 9.79. The molecule has 2 aromatic rings. The van der Waals surface area contributed by atoms with Gasteiger partial charge in [-0.15, -0.1) is 0 Å². The first-order chi connectivity index (χ1) is 16.8. The maximum atomic E-state index is 13.5. The van der Waals surface area contributed by atoms with Gasteiger partial charge >= 0.3 is 6.09 Å². The number of hydrogen-bond acceptors (Lipinski definition) is 6. The minimum atomic E-state index is -0.919. The quantitative estimate of drug-likeness (QED) is 0.506. The number of carbonyl (C=O) groups excluding carboxylic acids is 3. The lowest BCUT2D eigenvalue weighted by molar-refractivity contribution is -0.128. The van der Waals surface area contributed by atoms with Gasteiger partial charge in [0.15, 0.2) is 5.78 Å². The Labute approximate surface area is 205 Å². The molecule has 1 aromatic heterocycles. The highest BCUT2D eigenvalue weighted by atomic mass is 16.6. The van der Waals surface area contributed by atoms with E-state index in [1.165, 1.54) is 0 Å². The fourth-order valence-corrected chi connectivity index (χ4v) is 4.77. The van der Waals surface area contributed by atoms with E-state index in [0.717, 1.165) is 31.5 Å². The lowest BCUT2D eigenvalue weighted by Crippen LogP contribution is -2.56. The van der Waals surface area contributed by atoms with Crippen molar-refractivity contribution in [1.82, 2.24) is 20.5 Å². The van der Waals surface area contributed by atoms with Crippen LogP contribution in [-0.2, 0) is 19.7 Å². The van der Waals surface area contributed by atoms with Gasteiger partial charge in [0.05, 0.1) is 6.10 Å². The molecule has 0 saturated carbocycles. The molecule has 2 saturated heterocycles. The van der Waals surface area contributed by atoms with E-state index in [-0.39, 0.29) is 12.4 Å². The first-order valence-corrected chi connectivity index (χ1v) is 12.2. The molecule has 2 aliphatic heterocycles. The number of nitrogens with one attached hydrogen (secondary N) is 3. The van der Waals surface area contributed by atoms with Crippen molar-refractivity contribution in [2.45, 2.75) is 56.7 Å². The zero-order valence-corrected chi connectivity index (χ0v) is 20.3. The highest BCUT2D eigenvalue weighted by molar-refractivity contribution is 5.94. The summed E-state index contributed by atoms with van der Waals surface area (Å²) in [6.07, 6.45) is 4.60. The number of amides is 2. The number of rotatable bonds is 9. The minimum absolute atomic E-state index is 0.0212. The molecule has 35 heavy (non-hydrogen) atoms. The van der Waals surface area contributed by atoms with E-state index < -0.39 is 35.6 Å². The number of hydrogen-bond donors (Lipinski definition) is 3. The Kier molecular flexibility index (Phi) is 7.87. The highest BCUT2D eigenvalue weighted by Gasteiger charge is 2.40.